The molecule has 0 aliphatic heterocycles. The van der Waals surface area contributed by atoms with E-state index >= 15 is 0 Å². The quantitative estimate of drug-likeness (QED) is 0.431. The number of hydrogen-bond acceptors (Lipinski definition) is 0. The van der Waals surface area contributed by atoms with Crippen LogP contribution in [0.1, 0.15) is 19.3 Å². The van der Waals surface area contributed by atoms with E-state index < -0.39 is 0 Å². The first kappa shape index (κ1) is 5.28. The first-order chi connectivity index (χ1) is 4.38. The van der Waals surface area contributed by atoms with Gasteiger partial charge in [0.05, 0.1) is 0 Å². The van der Waals surface area contributed by atoms with E-state index in [-0.39, 0.29) is 0 Å². The van der Waals surface area contributed by atoms with E-state index in [4.69, 9.17) is 0 Å². The molecular formula is C9H12. The lowest BCUT2D eigenvalue weighted by Gasteiger charge is -2.39. The van der Waals surface area contributed by atoms with Crippen LogP contribution in [0.15, 0.2) is 24.3 Å². The largest absolute Gasteiger partial charge is 0.0992 e. The molecule has 2 unspecified atom stereocenters. The average molecular weight is 120 g/mol. The van der Waals surface area contributed by atoms with Crippen LogP contribution in [0.25, 0.3) is 0 Å². The molecule has 0 spiro atoms. The maximum absolute atomic E-state index is 3.99. The summed E-state index contributed by atoms with van der Waals surface area (Å²) < 4.78 is 0. The van der Waals surface area contributed by atoms with Crippen LogP contribution >= 0.6 is 0 Å². The monoisotopic (exact) mass is 120 g/mol. The summed E-state index contributed by atoms with van der Waals surface area (Å²) in [6.07, 6.45) is 8.63. The fraction of sp³-hybridized carbons (Fsp3) is 0.556. The first-order valence-corrected chi connectivity index (χ1v) is 3.72. The highest BCUT2D eigenvalue weighted by molar-refractivity contribution is 5.23. The van der Waals surface area contributed by atoms with Crippen LogP contribution < -0.4 is 0 Å². The van der Waals surface area contributed by atoms with Gasteiger partial charge in [-0.25, -0.2) is 0 Å². The molecule has 2 aliphatic carbocycles. The summed E-state index contributed by atoms with van der Waals surface area (Å²) in [6, 6.07) is 0. The Morgan fingerprint density at radius 2 is 2.44 bits per heavy atom. The number of rotatable bonds is 0. The van der Waals surface area contributed by atoms with E-state index in [2.05, 4.69) is 18.7 Å². The molecule has 1 saturated carbocycles. The molecule has 0 N–H and O–H groups in total. The summed E-state index contributed by atoms with van der Waals surface area (Å²) in [5.41, 5.74) is 1.45. The molecule has 0 nitrogen and oxygen atoms in total. The van der Waals surface area contributed by atoms with Gasteiger partial charge < -0.3 is 0 Å². The standard InChI is InChI=1S/C9H12/c1-7-6-8-4-2-3-5-9(7)8/h3,5,8-9H,1-2,4,6H2. The van der Waals surface area contributed by atoms with Crippen molar-refractivity contribution in [3.63, 3.8) is 0 Å². The molecule has 0 amide bonds. The zero-order valence-electron chi connectivity index (χ0n) is 5.64. The van der Waals surface area contributed by atoms with Crippen molar-refractivity contribution in [3.8, 4) is 0 Å². The number of allylic oxidation sites excluding steroid dienone is 3. The van der Waals surface area contributed by atoms with Crippen molar-refractivity contribution in [1.82, 2.24) is 0 Å². The Hall–Kier alpha value is -0.520. The normalized spacial score (nSPS) is 39.8. The maximum Gasteiger partial charge on any atom is 0.000560 e. The second-order valence-electron chi connectivity index (χ2n) is 3.15. The summed E-state index contributed by atoms with van der Waals surface area (Å²) in [7, 11) is 0. The van der Waals surface area contributed by atoms with E-state index in [0.29, 0.717) is 0 Å². The Labute approximate surface area is 56.3 Å². The van der Waals surface area contributed by atoms with Crippen molar-refractivity contribution in [1.29, 1.82) is 0 Å². The highest BCUT2D eigenvalue weighted by Crippen LogP contribution is 2.44. The highest BCUT2D eigenvalue weighted by atomic mass is 14.4. The molecule has 48 valence electrons. The van der Waals surface area contributed by atoms with Crippen LogP contribution in [-0.2, 0) is 0 Å². The Morgan fingerprint density at radius 3 is 3.00 bits per heavy atom. The predicted octanol–water partition coefficient (Wildman–Crippen LogP) is 2.53. The first-order valence-electron chi connectivity index (χ1n) is 3.72. The van der Waals surface area contributed by atoms with E-state index in [0.717, 1.165) is 11.8 Å². The van der Waals surface area contributed by atoms with Gasteiger partial charge in [0.1, 0.15) is 0 Å². The zero-order valence-corrected chi connectivity index (χ0v) is 5.64. The maximum atomic E-state index is 3.99. The van der Waals surface area contributed by atoms with Crippen LogP contribution in [-0.4, -0.2) is 0 Å². The van der Waals surface area contributed by atoms with Crippen LogP contribution in [0.4, 0.5) is 0 Å². The lowest BCUT2D eigenvalue weighted by atomic mass is 9.66. The minimum atomic E-state index is 0.777. The third-order valence-corrected chi connectivity index (χ3v) is 2.55. The lowest BCUT2D eigenvalue weighted by Crippen LogP contribution is -2.28. The van der Waals surface area contributed by atoms with Crippen molar-refractivity contribution < 1.29 is 0 Å². The summed E-state index contributed by atoms with van der Waals surface area (Å²) >= 11 is 0. The van der Waals surface area contributed by atoms with Gasteiger partial charge in [0.15, 0.2) is 0 Å². The summed E-state index contributed by atoms with van der Waals surface area (Å²) in [5.74, 6) is 1.75. The molecule has 1 fully saturated rings. The molecule has 0 saturated heterocycles. The fourth-order valence-electron chi connectivity index (χ4n) is 1.90. The molecule has 0 aromatic carbocycles. The summed E-state index contributed by atoms with van der Waals surface area (Å²) in [6.45, 7) is 3.99. The third-order valence-electron chi connectivity index (χ3n) is 2.55. The number of hydrogen-bond donors (Lipinski definition) is 0. The predicted molar refractivity (Wildman–Crippen MR) is 39.1 cm³/mol. The molecule has 0 heterocycles. The third kappa shape index (κ3) is 0.658. The van der Waals surface area contributed by atoms with Gasteiger partial charge in [-0.2, -0.15) is 0 Å². The van der Waals surface area contributed by atoms with Crippen molar-refractivity contribution in [2.75, 3.05) is 0 Å². The van der Waals surface area contributed by atoms with Crippen molar-refractivity contribution in [2.24, 2.45) is 11.8 Å². The van der Waals surface area contributed by atoms with Gasteiger partial charge >= 0.3 is 0 Å². The van der Waals surface area contributed by atoms with Gasteiger partial charge in [0.2, 0.25) is 0 Å². The van der Waals surface area contributed by atoms with Crippen molar-refractivity contribution in [3.05, 3.63) is 24.3 Å². The van der Waals surface area contributed by atoms with Crippen molar-refractivity contribution in [2.45, 2.75) is 19.3 Å². The Bertz CT molecular complexity index is 165. The molecule has 9 heavy (non-hydrogen) atoms. The van der Waals surface area contributed by atoms with Crippen LogP contribution in [0.5, 0.6) is 0 Å². The molecule has 2 aliphatic rings. The topological polar surface area (TPSA) is 0 Å². The van der Waals surface area contributed by atoms with E-state index in [1.165, 1.54) is 24.8 Å². The van der Waals surface area contributed by atoms with Crippen LogP contribution in [0.3, 0.4) is 0 Å². The second-order valence-corrected chi connectivity index (χ2v) is 3.15. The van der Waals surface area contributed by atoms with E-state index in [9.17, 15) is 0 Å². The molecule has 0 bridgehead atoms. The van der Waals surface area contributed by atoms with Gasteiger partial charge in [-0.15, -0.1) is 0 Å². The molecule has 0 radical (unpaired) electrons. The van der Waals surface area contributed by atoms with Gasteiger partial charge in [-0.05, 0) is 25.2 Å². The van der Waals surface area contributed by atoms with Crippen LogP contribution in [0, 0.1) is 11.8 Å². The molecule has 2 atom stereocenters. The Kier molecular flexibility index (Phi) is 1.01. The number of fused-ring (bicyclic) bond motifs is 1. The van der Waals surface area contributed by atoms with Gasteiger partial charge in [-0.1, -0.05) is 24.3 Å². The minimum Gasteiger partial charge on any atom is -0.0992 e. The molecule has 2 rings (SSSR count). The Morgan fingerprint density at radius 1 is 1.56 bits per heavy atom. The molecule has 0 heteroatoms. The zero-order chi connectivity index (χ0) is 6.27. The molecule has 0 aromatic heterocycles. The highest BCUT2D eigenvalue weighted by Gasteiger charge is 2.33. The van der Waals surface area contributed by atoms with E-state index in [1.54, 1.807) is 0 Å². The molecule has 0 aromatic rings. The van der Waals surface area contributed by atoms with E-state index in [1.807, 2.05) is 0 Å². The van der Waals surface area contributed by atoms with Crippen LogP contribution in [0.2, 0.25) is 0 Å². The second kappa shape index (κ2) is 1.73. The fourth-order valence-corrected chi connectivity index (χ4v) is 1.90. The van der Waals surface area contributed by atoms with Gasteiger partial charge in [-0.3, -0.25) is 0 Å². The minimum absolute atomic E-state index is 0.777. The Balaban J connectivity index is 2.16. The van der Waals surface area contributed by atoms with Gasteiger partial charge in [0.25, 0.3) is 0 Å². The lowest BCUT2D eigenvalue weighted by molar-refractivity contribution is 0.298. The van der Waals surface area contributed by atoms with Gasteiger partial charge in [0, 0.05) is 5.92 Å². The molecular weight excluding hydrogens is 108 g/mol. The summed E-state index contributed by atoms with van der Waals surface area (Å²) in [5, 5.41) is 0. The SMILES string of the molecule is C=C1CC2CCC=CC12. The van der Waals surface area contributed by atoms with Crippen molar-refractivity contribution >= 4 is 0 Å². The average Bonchev–Trinajstić information content (AvgIpc) is 1.86. The summed E-state index contributed by atoms with van der Waals surface area (Å²) in [4.78, 5) is 0. The smallest absolute Gasteiger partial charge is 0.000560 e.